The molecular formula is C38H34ClN4NaO13S8. The van der Waals surface area contributed by atoms with E-state index in [0.29, 0.717) is 15.7 Å². The first-order valence-electron chi connectivity index (χ1n) is 17.8. The number of halogens is 1. The summed E-state index contributed by atoms with van der Waals surface area (Å²) in [6, 6.07) is 17.8. The van der Waals surface area contributed by atoms with E-state index < -0.39 is 60.3 Å². The number of thiazole rings is 4. The Morgan fingerprint density at radius 1 is 0.585 bits per heavy atom. The molecule has 0 spiro atoms. The zero-order valence-electron chi connectivity index (χ0n) is 34.7. The van der Waals surface area contributed by atoms with E-state index >= 15 is 0 Å². The fourth-order valence-corrected chi connectivity index (χ4v) is 12.3. The molecule has 0 saturated carbocycles. The Labute approximate surface area is 415 Å². The van der Waals surface area contributed by atoms with Gasteiger partial charge in [0.2, 0.25) is 0 Å². The number of carbonyl (C=O) groups excluding carboxylic acids is 1. The maximum atomic E-state index is 12.6. The minimum Gasteiger partial charge on any atom is -0.744 e. The Morgan fingerprint density at radius 2 is 0.892 bits per heavy atom. The van der Waals surface area contributed by atoms with Crippen LogP contribution in [0.15, 0.2) is 114 Å². The number of nitrogens with zero attached hydrogens (tertiary/aromatic N) is 4. The maximum Gasteiger partial charge on any atom is 1.00 e. The Hall–Kier alpha value is -3.57. The number of rotatable bonds is 9. The second kappa shape index (κ2) is 21.2. The minimum absolute atomic E-state index is 0. The molecule has 0 aliphatic carbocycles. The number of esters is 1. The molecule has 8 rings (SSSR count). The SMILES string of the molecule is CC(C)(C(=O)O)S(=O)(=O)c1ccc2ncsc2c1.CCOC(=O)C(C)(C)S(=O)(=O)c1ccc2ncsc2c1.O=S(=O)(Cl)c1ccc2ncsc2c1.O=S(=O)([O-])c1ccc2ncsc2c1.[Na+]. The summed E-state index contributed by atoms with van der Waals surface area (Å²) >= 11 is 5.36. The summed E-state index contributed by atoms with van der Waals surface area (Å²) in [5.41, 5.74) is 9.46. The topological polar surface area (TPSA) is 275 Å². The average molecular weight is 1070 g/mol. The van der Waals surface area contributed by atoms with Crippen LogP contribution in [-0.2, 0) is 53.2 Å². The Balaban J connectivity index is 0.000000192. The van der Waals surface area contributed by atoms with E-state index in [1.807, 2.05) is 0 Å². The monoisotopic (exact) mass is 1070 g/mol. The molecule has 1 N–H and O–H groups in total. The van der Waals surface area contributed by atoms with E-state index in [2.05, 4.69) is 19.9 Å². The fraction of sp³-hybridized carbons (Fsp3) is 0.211. The second-order valence-corrected chi connectivity index (χ2v) is 26.4. The third kappa shape index (κ3) is 12.3. The third-order valence-corrected chi connectivity index (χ3v) is 19.2. The zero-order chi connectivity index (χ0) is 47.5. The Morgan fingerprint density at radius 3 is 1.22 bits per heavy atom. The number of carboxylic acids is 1. The van der Waals surface area contributed by atoms with Crippen LogP contribution in [0.3, 0.4) is 0 Å². The van der Waals surface area contributed by atoms with Crippen molar-refractivity contribution in [3.8, 4) is 0 Å². The standard InChI is InChI=1S/C13H15NO4S2.C11H11NO4S2.C7H4ClNO2S2.C7H5NO3S2.Na/c1-4-18-12(15)13(2,3)20(16,17)9-5-6-10-11(7-9)19-8-14-10;1-11(2,10(13)14)18(15,16)7-3-4-8-9(5-7)17-6-12-8;8-13(10,11)5-1-2-6-7(3-5)12-4-9-6;9-13(10,11)5-1-2-6-7(3-5)12-4-8-6;/h5-8H,4H2,1-3H3;3-6H,1-2H3,(H,13,14);1-4H;1-4H,(H,9,10,11);/q;;;;+1/p-1. The van der Waals surface area contributed by atoms with Gasteiger partial charge in [-0.15, -0.1) is 45.3 Å². The van der Waals surface area contributed by atoms with Crippen LogP contribution in [0.5, 0.6) is 0 Å². The molecular weight excluding hydrogens is 1040 g/mol. The van der Waals surface area contributed by atoms with Crippen LogP contribution in [0.1, 0.15) is 34.6 Å². The van der Waals surface area contributed by atoms with E-state index in [1.165, 1.54) is 122 Å². The number of carbonyl (C=O) groups is 2. The van der Waals surface area contributed by atoms with Crippen LogP contribution >= 0.6 is 56.0 Å². The number of aromatic nitrogens is 4. The van der Waals surface area contributed by atoms with Gasteiger partial charge in [0, 0.05) is 10.7 Å². The predicted octanol–water partition coefficient (Wildman–Crippen LogP) is 4.77. The molecule has 4 aromatic heterocycles. The quantitative estimate of drug-likeness (QED) is 0.0882. The molecule has 4 heterocycles. The molecule has 0 atom stereocenters. The van der Waals surface area contributed by atoms with Gasteiger partial charge in [-0.25, -0.2) is 53.6 Å². The van der Waals surface area contributed by atoms with Gasteiger partial charge in [0.05, 0.1) is 89.1 Å². The van der Waals surface area contributed by atoms with Crippen LogP contribution < -0.4 is 29.6 Å². The van der Waals surface area contributed by atoms with Gasteiger partial charge in [0.15, 0.2) is 29.2 Å². The van der Waals surface area contributed by atoms with Crippen molar-refractivity contribution in [3.63, 3.8) is 0 Å². The number of hydrogen-bond donors (Lipinski definition) is 1. The van der Waals surface area contributed by atoms with Crippen LogP contribution in [-0.4, -0.2) is 91.3 Å². The number of ether oxygens (including phenoxy) is 1. The van der Waals surface area contributed by atoms with Crippen molar-refractivity contribution >= 4 is 148 Å². The van der Waals surface area contributed by atoms with Gasteiger partial charge in [0.1, 0.15) is 10.1 Å². The summed E-state index contributed by atoms with van der Waals surface area (Å²) in [6.45, 7) is 6.87. The van der Waals surface area contributed by atoms with E-state index in [4.69, 9.17) is 20.5 Å². The summed E-state index contributed by atoms with van der Waals surface area (Å²) in [5, 5.41) is 9.02. The van der Waals surface area contributed by atoms with Crippen molar-refractivity contribution in [2.45, 2.75) is 63.7 Å². The molecule has 0 fully saturated rings. The van der Waals surface area contributed by atoms with Crippen LogP contribution in [0.2, 0.25) is 0 Å². The normalized spacial score (nSPS) is 12.2. The van der Waals surface area contributed by atoms with Crippen molar-refractivity contribution in [1.29, 1.82) is 0 Å². The summed E-state index contributed by atoms with van der Waals surface area (Å²) in [5.74, 6) is -2.11. The molecule has 0 aliphatic rings. The second-order valence-electron chi connectivity index (χ2n) is 13.9. The molecule has 65 heavy (non-hydrogen) atoms. The van der Waals surface area contributed by atoms with Gasteiger partial charge in [-0.1, -0.05) is 0 Å². The fourth-order valence-electron chi connectivity index (χ4n) is 5.10. The van der Waals surface area contributed by atoms with Gasteiger partial charge in [0.25, 0.3) is 9.05 Å². The minimum atomic E-state index is -4.34. The third-order valence-electron chi connectivity index (χ3n) is 9.03. The first-order valence-corrected chi connectivity index (χ1v) is 28.1. The van der Waals surface area contributed by atoms with E-state index in [0.717, 1.165) is 25.1 Å². The molecule has 0 bridgehead atoms. The van der Waals surface area contributed by atoms with E-state index in [-0.39, 0.29) is 55.7 Å². The number of hydrogen-bond acceptors (Lipinski definition) is 20. The number of fused-ring (bicyclic) bond motifs is 4. The molecule has 340 valence electrons. The average Bonchev–Trinajstić information content (AvgIpc) is 4.07. The molecule has 8 aromatic rings. The molecule has 0 unspecified atom stereocenters. The van der Waals surface area contributed by atoms with Gasteiger partial charge in [-0.2, -0.15) is 0 Å². The first kappa shape index (κ1) is 54.0. The van der Waals surface area contributed by atoms with Crippen LogP contribution in [0.4, 0.5) is 0 Å². The Bertz CT molecular complexity index is 3380. The zero-order valence-corrected chi connectivity index (χ0v) is 44.0. The molecule has 0 radical (unpaired) electrons. The molecule has 0 saturated heterocycles. The molecule has 27 heteroatoms. The van der Waals surface area contributed by atoms with Crippen LogP contribution in [0, 0.1) is 0 Å². The van der Waals surface area contributed by atoms with Gasteiger partial charge < -0.3 is 14.4 Å². The maximum absolute atomic E-state index is 12.6. The van der Waals surface area contributed by atoms with E-state index in [1.54, 1.807) is 53.2 Å². The largest absolute Gasteiger partial charge is 1.00 e. The first-order chi connectivity index (χ1) is 29.7. The van der Waals surface area contributed by atoms with Crippen molar-refractivity contribution < 1.29 is 87.2 Å². The summed E-state index contributed by atoms with van der Waals surface area (Å²) in [7, 11) is -10.5. The smallest absolute Gasteiger partial charge is 0.744 e. The van der Waals surface area contributed by atoms with Gasteiger partial charge in [-0.05, 0) is 107 Å². The molecule has 4 aromatic carbocycles. The number of aliphatic carboxylic acids is 1. The summed E-state index contributed by atoms with van der Waals surface area (Å²) in [4.78, 5) is 39.1. The predicted molar refractivity (Wildman–Crippen MR) is 246 cm³/mol. The van der Waals surface area contributed by atoms with Crippen molar-refractivity contribution in [3.05, 3.63) is 94.8 Å². The van der Waals surface area contributed by atoms with Crippen LogP contribution in [0.25, 0.3) is 40.9 Å². The molecule has 17 nitrogen and oxygen atoms in total. The molecule has 0 aliphatic heterocycles. The van der Waals surface area contributed by atoms with Crippen molar-refractivity contribution in [2.75, 3.05) is 6.61 Å². The number of carboxylic acid groups (broad SMARTS) is 1. The van der Waals surface area contributed by atoms with Gasteiger partial charge >= 0.3 is 41.5 Å². The number of sulfone groups is 2. The summed E-state index contributed by atoms with van der Waals surface area (Å²) in [6.07, 6.45) is 0. The van der Waals surface area contributed by atoms with Crippen molar-refractivity contribution in [1.82, 2.24) is 19.9 Å². The Kier molecular flexibility index (Phi) is 17.6. The molecule has 0 amide bonds. The van der Waals surface area contributed by atoms with Gasteiger partial charge in [-0.3, -0.25) is 9.59 Å². The number of benzene rings is 4. The van der Waals surface area contributed by atoms with E-state index in [9.17, 15) is 47.8 Å². The summed E-state index contributed by atoms with van der Waals surface area (Å²) < 4.78 is 108. The van der Waals surface area contributed by atoms with Crippen molar-refractivity contribution in [2.24, 2.45) is 0 Å².